The number of hydrogen-bond donors (Lipinski definition) is 1. The number of nitrogens with two attached hydrogens (primary N) is 1. The number of para-hydroxylation sites is 1. The average Bonchev–Trinajstić information content (AvgIpc) is 2.94. The first-order valence-electron chi connectivity index (χ1n) is 12.6. The maximum absolute atomic E-state index is 13.6. The summed E-state index contributed by atoms with van der Waals surface area (Å²) < 4.78 is 12.8. The Morgan fingerprint density at radius 1 is 0.889 bits per heavy atom. The molecule has 0 bridgehead atoms. The molecule has 1 fully saturated rings. The first kappa shape index (κ1) is 24.1. The highest BCUT2D eigenvalue weighted by atomic mass is 16.5. The minimum atomic E-state index is 0.0204. The van der Waals surface area contributed by atoms with Gasteiger partial charge in [-0.2, -0.15) is 0 Å². The van der Waals surface area contributed by atoms with E-state index in [4.69, 9.17) is 20.2 Å². The van der Waals surface area contributed by atoms with E-state index in [0.29, 0.717) is 36.1 Å². The average molecular weight is 484 g/mol. The normalized spacial score (nSPS) is 17.8. The van der Waals surface area contributed by atoms with Gasteiger partial charge in [0.25, 0.3) is 5.56 Å². The molecule has 0 radical (unpaired) electrons. The molecule has 1 heterocycles. The first-order chi connectivity index (χ1) is 17.6. The molecular formula is C30H33N3O3. The lowest BCUT2D eigenvalue weighted by Gasteiger charge is -2.29. The summed E-state index contributed by atoms with van der Waals surface area (Å²) in [5.41, 5.74) is 9.67. The predicted octanol–water partition coefficient (Wildman–Crippen LogP) is 5.51. The summed E-state index contributed by atoms with van der Waals surface area (Å²) in [6.07, 6.45) is 4.52. The van der Waals surface area contributed by atoms with Crippen LogP contribution < -0.4 is 20.8 Å². The van der Waals surface area contributed by atoms with Gasteiger partial charge in [0.2, 0.25) is 0 Å². The van der Waals surface area contributed by atoms with Crippen LogP contribution in [0.3, 0.4) is 0 Å². The number of fused-ring (bicyclic) bond motifs is 1. The molecule has 1 aliphatic rings. The number of nitrogens with zero attached hydrogens (tertiary/aromatic N) is 2. The molecule has 2 unspecified atom stereocenters. The van der Waals surface area contributed by atoms with Crippen LogP contribution in [0.25, 0.3) is 33.4 Å². The second-order valence-electron chi connectivity index (χ2n) is 9.68. The summed E-state index contributed by atoms with van der Waals surface area (Å²) >= 11 is 0. The summed E-state index contributed by atoms with van der Waals surface area (Å²) in [5, 5.41) is 0.660. The topological polar surface area (TPSA) is 79.4 Å². The van der Waals surface area contributed by atoms with Crippen molar-refractivity contribution in [1.29, 1.82) is 0 Å². The molecule has 2 atom stereocenters. The third kappa shape index (κ3) is 4.86. The van der Waals surface area contributed by atoms with E-state index in [-0.39, 0.29) is 5.56 Å². The van der Waals surface area contributed by atoms with E-state index in [1.54, 1.807) is 14.2 Å². The van der Waals surface area contributed by atoms with E-state index >= 15 is 0 Å². The van der Waals surface area contributed by atoms with Crippen LogP contribution in [0.15, 0.2) is 71.5 Å². The fourth-order valence-electron chi connectivity index (χ4n) is 5.38. The van der Waals surface area contributed by atoms with Gasteiger partial charge < -0.3 is 15.2 Å². The first-order valence-corrected chi connectivity index (χ1v) is 12.6. The molecule has 1 saturated carbocycles. The van der Waals surface area contributed by atoms with Crippen LogP contribution in [-0.2, 0) is 6.54 Å². The lowest BCUT2D eigenvalue weighted by molar-refractivity contribution is 0.246. The fourth-order valence-corrected chi connectivity index (χ4v) is 5.38. The van der Waals surface area contributed by atoms with Crippen LogP contribution in [0, 0.1) is 11.8 Å². The van der Waals surface area contributed by atoms with Crippen molar-refractivity contribution in [3.63, 3.8) is 0 Å². The third-order valence-electron chi connectivity index (χ3n) is 7.36. The minimum absolute atomic E-state index is 0.0204. The van der Waals surface area contributed by atoms with Gasteiger partial charge in [0.05, 0.1) is 25.1 Å². The van der Waals surface area contributed by atoms with Crippen LogP contribution in [0.4, 0.5) is 0 Å². The van der Waals surface area contributed by atoms with Gasteiger partial charge in [-0.15, -0.1) is 0 Å². The Labute approximate surface area is 211 Å². The van der Waals surface area contributed by atoms with Crippen molar-refractivity contribution in [2.75, 3.05) is 20.8 Å². The summed E-state index contributed by atoms with van der Waals surface area (Å²) in [7, 11) is 3.29. The minimum Gasteiger partial charge on any atom is -0.497 e. The van der Waals surface area contributed by atoms with Crippen molar-refractivity contribution < 1.29 is 9.47 Å². The molecule has 1 aromatic heterocycles. The zero-order valence-corrected chi connectivity index (χ0v) is 20.9. The van der Waals surface area contributed by atoms with Crippen LogP contribution in [0.5, 0.6) is 11.5 Å². The molecule has 0 saturated heterocycles. The molecule has 6 nitrogen and oxygen atoms in total. The van der Waals surface area contributed by atoms with Gasteiger partial charge in [-0.25, -0.2) is 4.98 Å². The molecule has 5 rings (SSSR count). The molecule has 2 N–H and O–H groups in total. The van der Waals surface area contributed by atoms with Crippen LogP contribution >= 0.6 is 0 Å². The van der Waals surface area contributed by atoms with Crippen LogP contribution in [0.1, 0.15) is 25.7 Å². The summed E-state index contributed by atoms with van der Waals surface area (Å²) in [5.74, 6) is 3.15. The maximum atomic E-state index is 13.6. The number of methoxy groups -OCH3 is 2. The molecule has 1 aliphatic carbocycles. The van der Waals surface area contributed by atoms with Gasteiger partial charge in [0.1, 0.15) is 17.3 Å². The van der Waals surface area contributed by atoms with Crippen molar-refractivity contribution in [2.45, 2.75) is 32.2 Å². The highest BCUT2D eigenvalue weighted by Crippen LogP contribution is 2.33. The van der Waals surface area contributed by atoms with E-state index in [1.807, 2.05) is 59.2 Å². The Morgan fingerprint density at radius 2 is 1.56 bits per heavy atom. The Morgan fingerprint density at radius 3 is 2.25 bits per heavy atom. The zero-order chi connectivity index (χ0) is 25.1. The van der Waals surface area contributed by atoms with Gasteiger partial charge in [-0.05, 0) is 73.0 Å². The number of hydrogen-bond acceptors (Lipinski definition) is 5. The van der Waals surface area contributed by atoms with Gasteiger partial charge in [0.15, 0.2) is 0 Å². The number of rotatable bonds is 7. The van der Waals surface area contributed by atoms with E-state index < -0.39 is 0 Å². The van der Waals surface area contributed by atoms with Crippen molar-refractivity contribution in [3.05, 3.63) is 77.1 Å². The van der Waals surface area contributed by atoms with Crippen molar-refractivity contribution in [3.8, 4) is 34.0 Å². The molecule has 36 heavy (non-hydrogen) atoms. The Hall–Kier alpha value is -3.64. The predicted molar refractivity (Wildman–Crippen MR) is 144 cm³/mol. The molecule has 3 aromatic carbocycles. The number of aromatic nitrogens is 2. The Kier molecular flexibility index (Phi) is 7.05. The third-order valence-corrected chi connectivity index (χ3v) is 7.36. The lowest BCUT2D eigenvalue weighted by Crippen LogP contribution is -2.30. The van der Waals surface area contributed by atoms with Crippen molar-refractivity contribution >= 4 is 10.9 Å². The van der Waals surface area contributed by atoms with E-state index in [9.17, 15) is 4.79 Å². The van der Waals surface area contributed by atoms with Gasteiger partial charge in [-0.3, -0.25) is 9.36 Å². The Bertz CT molecular complexity index is 1390. The van der Waals surface area contributed by atoms with E-state index in [0.717, 1.165) is 53.0 Å². The zero-order valence-electron chi connectivity index (χ0n) is 20.9. The summed E-state index contributed by atoms with van der Waals surface area (Å²) in [6.45, 7) is 1.38. The van der Waals surface area contributed by atoms with Crippen LogP contribution in [-0.4, -0.2) is 30.3 Å². The molecule has 4 aromatic rings. The largest absolute Gasteiger partial charge is 0.497 e. The van der Waals surface area contributed by atoms with E-state index in [1.165, 1.54) is 6.42 Å². The molecular weight excluding hydrogens is 450 g/mol. The summed E-state index contributed by atoms with van der Waals surface area (Å²) in [6, 6.07) is 21.6. The van der Waals surface area contributed by atoms with Crippen LogP contribution in [0.2, 0.25) is 0 Å². The van der Waals surface area contributed by atoms with E-state index in [2.05, 4.69) is 12.1 Å². The van der Waals surface area contributed by atoms with Gasteiger partial charge in [0, 0.05) is 18.2 Å². The Balaban J connectivity index is 1.55. The number of ether oxygens (including phenoxy) is 2. The molecule has 6 heteroatoms. The summed E-state index contributed by atoms with van der Waals surface area (Å²) in [4.78, 5) is 18.6. The van der Waals surface area contributed by atoms with Gasteiger partial charge >= 0.3 is 0 Å². The number of benzene rings is 3. The van der Waals surface area contributed by atoms with Crippen molar-refractivity contribution in [1.82, 2.24) is 9.55 Å². The highest BCUT2D eigenvalue weighted by molar-refractivity contribution is 5.80. The fraction of sp³-hybridized carbons (Fsp3) is 0.333. The highest BCUT2D eigenvalue weighted by Gasteiger charge is 2.23. The second kappa shape index (κ2) is 10.5. The van der Waals surface area contributed by atoms with Crippen molar-refractivity contribution in [2.24, 2.45) is 17.6 Å². The molecule has 186 valence electrons. The molecule has 0 spiro atoms. The lowest BCUT2D eigenvalue weighted by atomic mass is 9.81. The standard InChI is InChI=1S/C30H33N3O3/c1-35-25-15-24(16-26(17-25)36-2)22-10-12-23(13-11-22)29-32-28-9-4-3-8-27(28)30(34)33(29)19-21-7-5-6-20(14-21)18-31/h3-4,8-13,15-17,20-21H,5-7,14,18-19,31H2,1-2H3. The smallest absolute Gasteiger partial charge is 0.261 e. The SMILES string of the molecule is COc1cc(OC)cc(-c2ccc(-c3nc4ccccc4c(=O)n3CC3CCCC(CN)C3)cc2)c1. The molecule has 0 aliphatic heterocycles. The maximum Gasteiger partial charge on any atom is 0.261 e. The quantitative estimate of drug-likeness (QED) is 0.375. The van der Waals surface area contributed by atoms with Gasteiger partial charge in [-0.1, -0.05) is 42.8 Å². The monoisotopic (exact) mass is 483 g/mol. The second-order valence-corrected chi connectivity index (χ2v) is 9.68. The molecule has 0 amide bonds.